The second kappa shape index (κ2) is 6.29. The monoisotopic (exact) mass is 352 g/mol. The molecule has 5 nitrogen and oxygen atoms in total. The standard InChI is InChI=1S/C14H19F3N2O3S/c1-9-7-11(22-2)4-5-12(9)23(20,21)19-8-10(18)3-6-13(19)14(15,16)17/h4-5,7,10,13H,3,6,8,18H2,1-2H3. The Labute approximate surface area is 133 Å². The van der Waals surface area contributed by atoms with Gasteiger partial charge in [0.1, 0.15) is 11.8 Å². The molecule has 23 heavy (non-hydrogen) atoms. The van der Waals surface area contributed by atoms with Gasteiger partial charge in [0.25, 0.3) is 0 Å². The minimum Gasteiger partial charge on any atom is -0.497 e. The summed E-state index contributed by atoms with van der Waals surface area (Å²) in [6.07, 6.45) is -4.83. The largest absolute Gasteiger partial charge is 0.497 e. The molecule has 0 aliphatic carbocycles. The lowest BCUT2D eigenvalue weighted by atomic mass is 10.0. The third-order valence-electron chi connectivity index (χ3n) is 3.92. The van der Waals surface area contributed by atoms with Crippen LogP contribution in [0.2, 0.25) is 0 Å². The van der Waals surface area contributed by atoms with Gasteiger partial charge in [-0.1, -0.05) is 0 Å². The molecule has 1 aromatic rings. The summed E-state index contributed by atoms with van der Waals surface area (Å²) in [5, 5.41) is 0. The fourth-order valence-electron chi connectivity index (χ4n) is 2.72. The zero-order valence-electron chi connectivity index (χ0n) is 12.8. The van der Waals surface area contributed by atoms with Crippen molar-refractivity contribution in [3.05, 3.63) is 23.8 Å². The van der Waals surface area contributed by atoms with Gasteiger partial charge in [0.15, 0.2) is 0 Å². The molecule has 1 fully saturated rings. The molecule has 0 radical (unpaired) electrons. The zero-order chi connectivity index (χ0) is 17.4. The molecule has 1 aliphatic rings. The van der Waals surface area contributed by atoms with E-state index < -0.39 is 28.3 Å². The number of methoxy groups -OCH3 is 1. The van der Waals surface area contributed by atoms with Crippen LogP contribution in [-0.2, 0) is 10.0 Å². The van der Waals surface area contributed by atoms with E-state index in [9.17, 15) is 21.6 Å². The van der Waals surface area contributed by atoms with Crippen molar-refractivity contribution >= 4 is 10.0 Å². The predicted molar refractivity (Wildman–Crippen MR) is 78.7 cm³/mol. The average molecular weight is 352 g/mol. The highest BCUT2D eigenvalue weighted by molar-refractivity contribution is 7.89. The first kappa shape index (κ1) is 18.0. The number of hydrogen-bond acceptors (Lipinski definition) is 4. The number of hydrogen-bond donors (Lipinski definition) is 1. The molecule has 1 saturated heterocycles. The third-order valence-corrected chi connectivity index (χ3v) is 5.95. The minimum absolute atomic E-state index is 0.137. The smallest absolute Gasteiger partial charge is 0.405 e. The first-order valence-electron chi connectivity index (χ1n) is 7.06. The van der Waals surface area contributed by atoms with Gasteiger partial charge in [-0.2, -0.15) is 17.5 Å². The van der Waals surface area contributed by atoms with Crippen LogP contribution in [0.15, 0.2) is 23.1 Å². The Morgan fingerprint density at radius 3 is 2.48 bits per heavy atom. The number of piperidine rings is 1. The Morgan fingerprint density at radius 1 is 1.30 bits per heavy atom. The van der Waals surface area contributed by atoms with Crippen LogP contribution < -0.4 is 10.5 Å². The minimum atomic E-state index is -4.63. The maximum Gasteiger partial charge on any atom is 0.405 e. The van der Waals surface area contributed by atoms with E-state index in [0.717, 1.165) is 0 Å². The number of ether oxygens (including phenoxy) is 1. The van der Waals surface area contributed by atoms with E-state index in [1.54, 1.807) is 0 Å². The van der Waals surface area contributed by atoms with Crippen molar-refractivity contribution in [2.75, 3.05) is 13.7 Å². The van der Waals surface area contributed by atoms with Crippen LogP contribution in [0.25, 0.3) is 0 Å². The summed E-state index contributed by atoms with van der Waals surface area (Å²) < 4.78 is 70.6. The molecule has 1 aliphatic heterocycles. The Balaban J connectivity index is 2.47. The number of sulfonamides is 1. The molecule has 130 valence electrons. The Hall–Kier alpha value is -1.32. The van der Waals surface area contributed by atoms with Crippen LogP contribution in [-0.4, -0.2) is 44.6 Å². The molecule has 2 N–H and O–H groups in total. The molecule has 0 amide bonds. The topological polar surface area (TPSA) is 72.6 Å². The van der Waals surface area contributed by atoms with E-state index in [1.165, 1.54) is 32.2 Å². The van der Waals surface area contributed by atoms with Crippen LogP contribution in [0.3, 0.4) is 0 Å². The third kappa shape index (κ3) is 3.61. The molecule has 1 heterocycles. The zero-order valence-corrected chi connectivity index (χ0v) is 13.6. The lowest BCUT2D eigenvalue weighted by Crippen LogP contribution is -2.56. The number of nitrogens with zero attached hydrogens (tertiary/aromatic N) is 1. The van der Waals surface area contributed by atoms with E-state index in [0.29, 0.717) is 15.6 Å². The normalized spacial score (nSPS) is 23.7. The maximum atomic E-state index is 13.2. The number of aryl methyl sites for hydroxylation is 1. The second-order valence-electron chi connectivity index (χ2n) is 5.60. The van der Waals surface area contributed by atoms with Crippen LogP contribution in [0.5, 0.6) is 5.75 Å². The van der Waals surface area contributed by atoms with E-state index in [1.807, 2.05) is 0 Å². The number of rotatable bonds is 3. The lowest BCUT2D eigenvalue weighted by Gasteiger charge is -2.38. The van der Waals surface area contributed by atoms with Crippen molar-refractivity contribution in [1.82, 2.24) is 4.31 Å². The Bertz CT molecular complexity index is 676. The van der Waals surface area contributed by atoms with Crippen molar-refractivity contribution in [2.24, 2.45) is 5.73 Å². The van der Waals surface area contributed by atoms with Crippen LogP contribution in [0.1, 0.15) is 18.4 Å². The van der Waals surface area contributed by atoms with Crippen LogP contribution in [0, 0.1) is 6.92 Å². The summed E-state index contributed by atoms with van der Waals surface area (Å²) in [5.41, 5.74) is 6.02. The van der Waals surface area contributed by atoms with Crippen molar-refractivity contribution < 1.29 is 26.3 Å². The molecule has 0 bridgehead atoms. The van der Waals surface area contributed by atoms with Gasteiger partial charge in [0.2, 0.25) is 10.0 Å². The van der Waals surface area contributed by atoms with Gasteiger partial charge in [-0.05, 0) is 43.5 Å². The summed E-state index contributed by atoms with van der Waals surface area (Å²) in [7, 11) is -2.88. The van der Waals surface area contributed by atoms with Gasteiger partial charge >= 0.3 is 6.18 Å². The van der Waals surface area contributed by atoms with Gasteiger partial charge in [0, 0.05) is 12.6 Å². The van der Waals surface area contributed by atoms with Crippen molar-refractivity contribution in [1.29, 1.82) is 0 Å². The van der Waals surface area contributed by atoms with Gasteiger partial charge in [-0.25, -0.2) is 8.42 Å². The summed E-state index contributed by atoms with van der Waals surface area (Å²) in [6, 6.07) is 1.48. The quantitative estimate of drug-likeness (QED) is 0.904. The molecular formula is C14H19F3N2O3S. The molecule has 1 aromatic carbocycles. The highest BCUT2D eigenvalue weighted by Gasteiger charge is 2.50. The Morgan fingerprint density at radius 2 is 1.96 bits per heavy atom. The maximum absolute atomic E-state index is 13.2. The first-order chi connectivity index (χ1) is 10.6. The number of halogens is 3. The average Bonchev–Trinajstić information content (AvgIpc) is 2.45. The summed E-state index contributed by atoms with van der Waals surface area (Å²) in [6.45, 7) is 1.17. The second-order valence-corrected chi connectivity index (χ2v) is 7.46. The Kier molecular flexibility index (Phi) is 4.93. The van der Waals surface area contributed by atoms with Gasteiger partial charge in [0.05, 0.1) is 12.0 Å². The van der Waals surface area contributed by atoms with Crippen LogP contribution >= 0.6 is 0 Å². The molecule has 0 saturated carbocycles. The van der Waals surface area contributed by atoms with Crippen LogP contribution in [0.4, 0.5) is 13.2 Å². The fraction of sp³-hybridized carbons (Fsp3) is 0.571. The van der Waals surface area contributed by atoms with E-state index >= 15 is 0 Å². The first-order valence-corrected chi connectivity index (χ1v) is 8.50. The molecule has 2 rings (SSSR count). The molecule has 0 spiro atoms. The fourth-order valence-corrected chi connectivity index (χ4v) is 4.63. The van der Waals surface area contributed by atoms with Crippen molar-refractivity contribution in [3.8, 4) is 5.75 Å². The number of benzene rings is 1. The van der Waals surface area contributed by atoms with Crippen molar-refractivity contribution in [2.45, 2.75) is 42.9 Å². The van der Waals surface area contributed by atoms with Gasteiger partial charge in [-0.15, -0.1) is 0 Å². The summed E-state index contributed by atoms with van der Waals surface area (Å²) in [4.78, 5) is -0.165. The lowest BCUT2D eigenvalue weighted by molar-refractivity contribution is -0.178. The van der Waals surface area contributed by atoms with E-state index in [-0.39, 0.29) is 24.3 Å². The predicted octanol–water partition coefficient (Wildman–Crippen LogP) is 2.05. The van der Waals surface area contributed by atoms with Gasteiger partial charge < -0.3 is 10.5 Å². The highest BCUT2D eigenvalue weighted by Crippen LogP contribution is 2.36. The number of nitrogens with two attached hydrogens (primary N) is 1. The van der Waals surface area contributed by atoms with E-state index in [4.69, 9.17) is 10.5 Å². The summed E-state index contributed by atoms with van der Waals surface area (Å²) >= 11 is 0. The highest BCUT2D eigenvalue weighted by atomic mass is 32.2. The molecule has 9 heteroatoms. The molecule has 2 atom stereocenters. The van der Waals surface area contributed by atoms with Crippen molar-refractivity contribution in [3.63, 3.8) is 0 Å². The summed E-state index contributed by atoms with van der Waals surface area (Å²) in [5.74, 6) is 0.434. The van der Waals surface area contributed by atoms with E-state index in [2.05, 4.69) is 0 Å². The molecule has 2 unspecified atom stereocenters. The molecule has 0 aromatic heterocycles. The SMILES string of the molecule is COc1ccc(S(=O)(=O)N2CC(N)CCC2C(F)(F)F)c(C)c1. The number of alkyl halides is 3. The molecular weight excluding hydrogens is 333 g/mol. The van der Waals surface area contributed by atoms with Gasteiger partial charge in [-0.3, -0.25) is 0 Å².